The molecule has 1 aromatic carbocycles. The fourth-order valence-electron chi connectivity index (χ4n) is 3.63. The number of aromatic amines is 1. The van der Waals surface area contributed by atoms with Crippen molar-refractivity contribution in [1.82, 2.24) is 9.97 Å². The Hall–Kier alpha value is -2.74. The van der Waals surface area contributed by atoms with E-state index in [4.69, 9.17) is 9.47 Å². The van der Waals surface area contributed by atoms with E-state index in [2.05, 4.69) is 16.9 Å². The first-order chi connectivity index (χ1) is 13.9. The van der Waals surface area contributed by atoms with Crippen LogP contribution in [-0.2, 0) is 17.6 Å². The number of aryl methyl sites for hydroxylation is 1. The first-order valence-electron chi connectivity index (χ1n) is 9.46. The van der Waals surface area contributed by atoms with Crippen molar-refractivity contribution in [1.29, 1.82) is 0 Å². The molecule has 2 atom stereocenters. The molecular formula is C21H21FN2O4S. The average Bonchev–Trinajstić information content (AvgIpc) is 3.05. The third kappa shape index (κ3) is 3.64. The van der Waals surface area contributed by atoms with Gasteiger partial charge in [-0.1, -0.05) is 6.92 Å². The SMILES string of the molecule is COc1ccc(C(=O)O[C@@H](C)c2nc3sc4c(c3c(=O)[nH]2)CC[C@H](C)C4)c(F)c1. The third-order valence-electron chi connectivity index (χ3n) is 5.25. The Balaban J connectivity index is 1.61. The van der Waals surface area contributed by atoms with Crippen molar-refractivity contribution in [2.45, 2.75) is 39.2 Å². The van der Waals surface area contributed by atoms with E-state index in [1.807, 2.05) is 0 Å². The molecular weight excluding hydrogens is 395 g/mol. The summed E-state index contributed by atoms with van der Waals surface area (Å²) in [6.45, 7) is 3.80. The summed E-state index contributed by atoms with van der Waals surface area (Å²) in [6, 6.07) is 3.90. The molecule has 0 spiro atoms. The number of rotatable bonds is 4. The highest BCUT2D eigenvalue weighted by Gasteiger charge is 2.25. The summed E-state index contributed by atoms with van der Waals surface area (Å²) < 4.78 is 24.4. The smallest absolute Gasteiger partial charge is 0.341 e. The second-order valence-corrected chi connectivity index (χ2v) is 8.46. The van der Waals surface area contributed by atoms with Gasteiger partial charge in [0.1, 0.15) is 16.4 Å². The molecule has 6 nitrogen and oxygen atoms in total. The number of hydrogen-bond donors (Lipinski definition) is 1. The minimum atomic E-state index is -0.834. The maximum atomic E-state index is 14.1. The van der Waals surface area contributed by atoms with E-state index < -0.39 is 17.9 Å². The summed E-state index contributed by atoms with van der Waals surface area (Å²) in [7, 11) is 1.41. The number of carbonyl (C=O) groups is 1. The van der Waals surface area contributed by atoms with Crippen LogP contribution < -0.4 is 10.3 Å². The van der Waals surface area contributed by atoms with Gasteiger partial charge >= 0.3 is 5.97 Å². The molecule has 0 saturated carbocycles. The van der Waals surface area contributed by atoms with Crippen LogP contribution in [-0.4, -0.2) is 23.0 Å². The molecule has 0 bridgehead atoms. The fraction of sp³-hybridized carbons (Fsp3) is 0.381. The first kappa shape index (κ1) is 19.6. The summed E-state index contributed by atoms with van der Waals surface area (Å²) in [6.07, 6.45) is 2.05. The molecule has 0 fully saturated rings. The van der Waals surface area contributed by atoms with Crippen molar-refractivity contribution in [3.63, 3.8) is 0 Å². The van der Waals surface area contributed by atoms with Crippen LogP contribution in [0.25, 0.3) is 10.2 Å². The van der Waals surface area contributed by atoms with E-state index in [0.29, 0.717) is 21.9 Å². The van der Waals surface area contributed by atoms with Gasteiger partial charge in [-0.2, -0.15) is 0 Å². The van der Waals surface area contributed by atoms with Crippen LogP contribution >= 0.6 is 11.3 Å². The van der Waals surface area contributed by atoms with Gasteiger partial charge < -0.3 is 14.5 Å². The maximum Gasteiger partial charge on any atom is 0.341 e. The number of carbonyl (C=O) groups excluding carboxylic acids is 1. The van der Waals surface area contributed by atoms with Crippen molar-refractivity contribution in [2.24, 2.45) is 5.92 Å². The van der Waals surface area contributed by atoms with Crippen LogP contribution in [0, 0.1) is 11.7 Å². The Bertz CT molecular complexity index is 1150. The fourth-order valence-corrected chi connectivity index (χ4v) is 5.02. The number of benzene rings is 1. The predicted octanol–water partition coefficient (Wildman–Crippen LogP) is 4.18. The number of aromatic nitrogens is 2. The van der Waals surface area contributed by atoms with Crippen LogP contribution in [0.4, 0.5) is 4.39 Å². The van der Waals surface area contributed by atoms with E-state index in [1.54, 1.807) is 6.92 Å². The summed E-state index contributed by atoms with van der Waals surface area (Å²) in [4.78, 5) is 34.2. The van der Waals surface area contributed by atoms with Gasteiger partial charge in [-0.25, -0.2) is 14.2 Å². The normalized spacial score (nSPS) is 17.0. The van der Waals surface area contributed by atoms with E-state index >= 15 is 0 Å². The molecule has 0 amide bonds. The number of ether oxygens (including phenoxy) is 2. The molecule has 0 radical (unpaired) electrons. The van der Waals surface area contributed by atoms with Gasteiger partial charge in [-0.05, 0) is 49.8 Å². The number of nitrogens with one attached hydrogen (secondary N) is 1. The molecule has 29 heavy (non-hydrogen) atoms. The Kier molecular flexibility index (Phi) is 5.12. The van der Waals surface area contributed by atoms with Gasteiger partial charge in [0.25, 0.3) is 5.56 Å². The molecule has 0 unspecified atom stereocenters. The Morgan fingerprint density at radius 3 is 2.93 bits per heavy atom. The number of hydrogen-bond acceptors (Lipinski definition) is 6. The van der Waals surface area contributed by atoms with E-state index in [0.717, 1.165) is 30.9 Å². The van der Waals surface area contributed by atoms with Gasteiger partial charge in [0.05, 0.1) is 18.1 Å². The van der Waals surface area contributed by atoms with Crippen molar-refractivity contribution in [3.8, 4) is 5.75 Å². The Labute approximate surface area is 170 Å². The molecule has 1 N–H and O–H groups in total. The maximum absolute atomic E-state index is 14.1. The molecule has 2 aromatic heterocycles. The van der Waals surface area contributed by atoms with E-state index in [9.17, 15) is 14.0 Å². The summed E-state index contributed by atoms with van der Waals surface area (Å²) in [5.41, 5.74) is 0.658. The standard InChI is InChI=1S/C21H21FN2O4S/c1-10-4-6-14-16(8-10)29-20-17(14)19(25)23-18(24-20)11(2)28-21(26)13-7-5-12(27-3)9-15(13)22/h5,7,9-11H,4,6,8H2,1-3H3,(H,23,24,25)/t10-,11-/m0/s1. The summed E-state index contributed by atoms with van der Waals surface area (Å²) in [5, 5.41) is 0.639. The molecule has 1 aliphatic carbocycles. The molecule has 152 valence electrons. The molecule has 4 rings (SSSR count). The third-order valence-corrected chi connectivity index (χ3v) is 6.40. The van der Waals surface area contributed by atoms with Gasteiger partial charge in [0, 0.05) is 10.9 Å². The zero-order valence-corrected chi connectivity index (χ0v) is 17.2. The number of halogens is 1. The predicted molar refractivity (Wildman–Crippen MR) is 108 cm³/mol. The highest BCUT2D eigenvalue weighted by Crippen LogP contribution is 2.36. The molecule has 3 aromatic rings. The molecule has 8 heteroatoms. The lowest BCUT2D eigenvalue weighted by atomic mass is 9.89. The summed E-state index contributed by atoms with van der Waals surface area (Å²) in [5.74, 6) is -0.428. The number of H-pyrrole nitrogens is 1. The minimum Gasteiger partial charge on any atom is -0.497 e. The zero-order valence-electron chi connectivity index (χ0n) is 16.4. The number of thiophene rings is 1. The number of esters is 1. The first-order valence-corrected chi connectivity index (χ1v) is 10.3. The number of methoxy groups -OCH3 is 1. The lowest BCUT2D eigenvalue weighted by molar-refractivity contribution is 0.0314. The van der Waals surface area contributed by atoms with Gasteiger partial charge in [0.2, 0.25) is 0 Å². The molecule has 2 heterocycles. The molecule has 0 aliphatic heterocycles. The second kappa shape index (κ2) is 7.59. The quantitative estimate of drug-likeness (QED) is 0.646. The Morgan fingerprint density at radius 1 is 1.41 bits per heavy atom. The lowest BCUT2D eigenvalue weighted by Gasteiger charge is -2.17. The van der Waals surface area contributed by atoms with Gasteiger partial charge in [0.15, 0.2) is 11.9 Å². The Morgan fingerprint density at radius 2 is 2.21 bits per heavy atom. The van der Waals surface area contributed by atoms with Crippen molar-refractivity contribution in [3.05, 3.63) is 56.2 Å². The van der Waals surface area contributed by atoms with Crippen molar-refractivity contribution < 1.29 is 18.7 Å². The highest BCUT2D eigenvalue weighted by molar-refractivity contribution is 7.18. The number of fused-ring (bicyclic) bond motifs is 3. The van der Waals surface area contributed by atoms with E-state index in [-0.39, 0.29) is 16.9 Å². The minimum absolute atomic E-state index is 0.207. The topological polar surface area (TPSA) is 81.3 Å². The lowest BCUT2D eigenvalue weighted by Crippen LogP contribution is -2.18. The molecule has 0 saturated heterocycles. The van der Waals surface area contributed by atoms with Crippen molar-refractivity contribution >= 4 is 27.5 Å². The zero-order chi connectivity index (χ0) is 20.7. The van der Waals surface area contributed by atoms with Crippen LogP contribution in [0.2, 0.25) is 0 Å². The molecule has 1 aliphatic rings. The van der Waals surface area contributed by atoms with Crippen molar-refractivity contribution in [2.75, 3.05) is 7.11 Å². The van der Waals surface area contributed by atoms with Gasteiger partial charge in [-0.3, -0.25) is 4.79 Å². The van der Waals surface area contributed by atoms with E-state index in [1.165, 1.54) is 35.5 Å². The van der Waals surface area contributed by atoms with Gasteiger partial charge in [-0.15, -0.1) is 11.3 Å². The second-order valence-electron chi connectivity index (χ2n) is 7.38. The average molecular weight is 416 g/mol. The highest BCUT2D eigenvalue weighted by atomic mass is 32.1. The van der Waals surface area contributed by atoms with Crippen LogP contribution in [0.1, 0.15) is 53.0 Å². The van der Waals surface area contributed by atoms with Crippen LogP contribution in [0.15, 0.2) is 23.0 Å². The van der Waals surface area contributed by atoms with Crippen LogP contribution in [0.3, 0.4) is 0 Å². The van der Waals surface area contributed by atoms with Crippen LogP contribution in [0.5, 0.6) is 5.75 Å². The monoisotopic (exact) mass is 416 g/mol. The number of nitrogens with zero attached hydrogens (tertiary/aromatic N) is 1. The largest absolute Gasteiger partial charge is 0.497 e. The summed E-state index contributed by atoms with van der Waals surface area (Å²) >= 11 is 1.53.